The normalized spacial score (nSPS) is 10.9. The number of carbonyl (C=O) groups excluding carboxylic acids is 3. The molecule has 9 rings (SSSR count). The Kier molecular flexibility index (Phi) is 48.6. The van der Waals surface area contributed by atoms with Crippen molar-refractivity contribution in [3.05, 3.63) is 291 Å². The second-order valence-electron chi connectivity index (χ2n) is 26.9. The van der Waals surface area contributed by atoms with Gasteiger partial charge in [0.15, 0.2) is 16.5 Å². The summed E-state index contributed by atoms with van der Waals surface area (Å²) >= 11 is 9.03. The van der Waals surface area contributed by atoms with Crippen LogP contribution in [0.4, 0.5) is 65.7 Å². The van der Waals surface area contributed by atoms with Crippen LogP contribution in [0.5, 0.6) is 0 Å². The van der Waals surface area contributed by atoms with E-state index in [2.05, 4.69) is 71.2 Å². The molecule has 8 aromatic carbocycles. The zero-order chi connectivity index (χ0) is 89.8. The number of unbranched alkanes of at least 4 members (excludes halogenated alkanes) is 4. The first-order valence-corrected chi connectivity index (χ1v) is 45.8. The first-order valence-electron chi connectivity index (χ1n) is 37.2. The predicted molar refractivity (Wildman–Crippen MR) is 466 cm³/mol. The number of aryl methyl sites for hydroxylation is 6. The number of benzene rings is 8. The molecule has 2 amide bonds. The van der Waals surface area contributed by atoms with E-state index in [0.717, 1.165) is 90.7 Å². The Morgan fingerprint density at radius 1 is 0.592 bits per heavy atom. The van der Waals surface area contributed by atoms with Crippen LogP contribution in [0.1, 0.15) is 149 Å². The van der Waals surface area contributed by atoms with Crippen LogP contribution in [0.15, 0.2) is 175 Å². The number of isothiocyanates is 1. The van der Waals surface area contributed by atoms with E-state index in [4.69, 9.17) is 83.8 Å². The third kappa shape index (κ3) is 37.6. The van der Waals surface area contributed by atoms with Gasteiger partial charge in [-0.3, -0.25) is 54.5 Å². The van der Waals surface area contributed by atoms with Gasteiger partial charge in [-0.2, -0.15) is 26.0 Å². The SMILES string of the molecule is COC(=O)CCCc1ccc([N+](=O)[O-])cc1.N#CCCCc1ccc(N)cc1.N#CCCCc1ccc([N+](=O)[O-])cc1.NC(=O)CCCc1ccc([N+](=O)[O-])cc1.[C-]#[N+]C(C)(C)Nc1ccc(CCCC#N)cc1.[C-]#[N+]c1ccc(N2C(=O)C(C)(C)N(c3ccc(CCCC#N)cc3)C2=S)c(F)c1C.[C-]#[N+]c1ccc(N=C=S)c(F)c1C.[Cl][Zn][Cl]. The van der Waals surface area contributed by atoms with Crippen LogP contribution < -0.4 is 26.6 Å². The van der Waals surface area contributed by atoms with Crippen LogP contribution in [-0.2, 0) is 72.8 Å². The number of non-ortho nitro benzene ring substituents is 3. The third-order valence-corrected chi connectivity index (χ3v) is 17.7. The Hall–Kier alpha value is -12.8. The van der Waals surface area contributed by atoms with Gasteiger partial charge in [-0.1, -0.05) is 84.9 Å². The Balaban J connectivity index is 0.000000484. The number of methoxy groups -OCH3 is 1. The minimum atomic E-state index is -1.00. The van der Waals surface area contributed by atoms with Crippen LogP contribution in [0.2, 0.25) is 0 Å². The summed E-state index contributed by atoms with van der Waals surface area (Å²) in [5, 5.41) is 70.3. The number of nitrogen functional groups attached to an aromatic ring is 1. The number of esters is 1. The van der Waals surface area contributed by atoms with Crippen molar-refractivity contribution in [1.29, 1.82) is 21.0 Å². The van der Waals surface area contributed by atoms with E-state index in [1.165, 1.54) is 97.6 Å². The topological polar surface area (TPSA) is 381 Å². The molecular formula is C87H90Cl2F2N16O10S2Zn. The van der Waals surface area contributed by atoms with Crippen molar-refractivity contribution >= 4 is 129 Å². The number of amides is 2. The first-order chi connectivity index (χ1) is 57.2. The number of halogens is 4. The zero-order valence-electron chi connectivity index (χ0n) is 67.5. The number of hydrogen-bond donors (Lipinski definition) is 3. The maximum atomic E-state index is 15.0. The predicted octanol–water partition coefficient (Wildman–Crippen LogP) is 21.9. The number of thiocarbonyl (C=S) groups is 2. The summed E-state index contributed by atoms with van der Waals surface area (Å²) in [5.41, 5.74) is 19.4. The molecule has 0 aliphatic carbocycles. The number of rotatable bonds is 28. The fraction of sp³-hybridized carbons (Fsp3) is 0.310. The van der Waals surface area contributed by atoms with Crippen molar-refractivity contribution in [2.45, 2.75) is 168 Å². The Labute approximate surface area is 724 Å². The van der Waals surface area contributed by atoms with E-state index < -0.39 is 52.8 Å². The second kappa shape index (κ2) is 56.5. The van der Waals surface area contributed by atoms with Crippen LogP contribution in [0.3, 0.4) is 0 Å². The van der Waals surface area contributed by atoms with Crippen LogP contribution in [-0.4, -0.2) is 61.1 Å². The van der Waals surface area contributed by atoms with E-state index in [1.807, 2.05) is 86.6 Å². The Bertz CT molecular complexity index is 5080. The summed E-state index contributed by atoms with van der Waals surface area (Å²) in [6.45, 7) is 31.2. The summed E-state index contributed by atoms with van der Waals surface area (Å²) in [6, 6.07) is 56.9. The summed E-state index contributed by atoms with van der Waals surface area (Å²) in [6.07, 6.45) is 12.7. The standard InChI is InChI=1S/C23H21FN4OS.C14H17N3.C11H13NO4.C10H12N2O3.C10H10N2O2.C10H12N2.C9H5FN2S.2ClH.Zn/c1-15-18(26-4)12-13-19(20(15)24)27-21(29)23(2,3)28(22(27)30)17-10-8-16(9-11-17)7-5-6-14-25;1-14(2,16-3)17-13-9-7-12(8-10-13)6-4-5-11-15;1-16-11(13)4-2-3-9-5-7-10(8-6-9)12(14)15;11-10(13)3-1-2-8-4-6-9(7-5-8)12(14)15;11-8-2-1-3-9-4-6-10(7-5-9)12(13)14;11-8-2-1-3-9-4-6-10(12)7-5-9;1-6-7(11-2)3-4-8(9(6)10)12-5-13;;;/h8-13H,5-7H2,1-3H3;7-10,17H,4-6H2,1-2H3;5-8H,2-4H2,1H3;4-7H,1-3H2,(H2,11,13);4-7H,1-3H2;4-7H,1-3,12H2;3-4H,1H3;2*1H;/q;;;;;;;;;+2/p-2. The molecule has 1 fully saturated rings. The van der Waals surface area contributed by atoms with Gasteiger partial charge in [-0.25, -0.2) is 25.0 Å². The van der Waals surface area contributed by atoms with Crippen molar-refractivity contribution in [2.75, 3.05) is 28.0 Å². The van der Waals surface area contributed by atoms with Crippen LogP contribution in [0, 0.1) is 121 Å². The molecule has 0 saturated carbocycles. The van der Waals surface area contributed by atoms with Gasteiger partial charge in [0, 0.05) is 106 Å². The molecule has 33 heteroatoms. The molecule has 1 saturated heterocycles. The van der Waals surface area contributed by atoms with Crippen molar-refractivity contribution in [3.8, 4) is 24.3 Å². The number of nitrogens with one attached hydrogen (secondary N) is 1. The maximum absolute atomic E-state index is 15.0. The van der Waals surface area contributed by atoms with Crippen molar-refractivity contribution in [3.63, 3.8) is 0 Å². The second-order valence-corrected chi connectivity index (χ2v) is 32.1. The fourth-order valence-electron chi connectivity index (χ4n) is 10.8. The molecule has 1 aliphatic rings. The molecule has 620 valence electrons. The van der Waals surface area contributed by atoms with Gasteiger partial charge in [0.25, 0.3) is 28.6 Å². The average molecular weight is 1760 g/mol. The number of nitrogens with two attached hydrogens (primary N) is 2. The fourth-order valence-corrected chi connectivity index (χ4v) is 11.4. The molecule has 0 aromatic heterocycles. The Morgan fingerprint density at radius 3 is 1.27 bits per heavy atom. The van der Waals surface area contributed by atoms with Gasteiger partial charge in [0.1, 0.15) is 22.9 Å². The zero-order valence-corrected chi connectivity index (χ0v) is 73.6. The van der Waals surface area contributed by atoms with E-state index in [-0.39, 0.29) is 62.6 Å². The van der Waals surface area contributed by atoms with Gasteiger partial charge < -0.3 is 26.4 Å². The monoisotopic (exact) mass is 1750 g/mol. The summed E-state index contributed by atoms with van der Waals surface area (Å²) in [7, 11) is 11.3. The molecule has 0 unspecified atom stereocenters. The molecule has 0 radical (unpaired) electrons. The number of nitrogens with zero attached hydrogens (tertiary/aromatic N) is 13. The molecule has 1 aliphatic heterocycles. The summed E-state index contributed by atoms with van der Waals surface area (Å²) in [5.74, 6) is -2.02. The molecule has 120 heavy (non-hydrogen) atoms. The number of nitro groups is 3. The van der Waals surface area contributed by atoms with Gasteiger partial charge >= 0.3 is 40.5 Å². The van der Waals surface area contributed by atoms with Crippen LogP contribution >= 0.6 is 43.8 Å². The summed E-state index contributed by atoms with van der Waals surface area (Å²) in [4.78, 5) is 80.8. The van der Waals surface area contributed by atoms with Gasteiger partial charge in [-0.15, -0.1) is 0 Å². The molecule has 26 nitrogen and oxygen atoms in total. The van der Waals surface area contributed by atoms with Crippen LogP contribution in [0.25, 0.3) is 14.5 Å². The number of carbonyl (C=O) groups is 3. The van der Waals surface area contributed by atoms with Gasteiger partial charge in [0.05, 0.1) is 70.1 Å². The molecular weight excluding hydrogens is 1670 g/mol. The average Bonchev–Trinajstić information content (AvgIpc) is 1.58. The molecule has 5 N–H and O–H groups in total. The molecule has 1 heterocycles. The number of nitro benzene ring substituents is 3. The van der Waals surface area contributed by atoms with Crippen molar-refractivity contribution < 1.29 is 57.8 Å². The number of aliphatic imine (C=N–C) groups is 1. The molecule has 0 bridgehead atoms. The van der Waals surface area contributed by atoms with Crippen molar-refractivity contribution in [1.82, 2.24) is 0 Å². The van der Waals surface area contributed by atoms with E-state index in [9.17, 15) is 53.5 Å². The van der Waals surface area contributed by atoms with Gasteiger partial charge in [-0.05, 0) is 222 Å². The number of ether oxygens (including phenoxy) is 1. The van der Waals surface area contributed by atoms with E-state index in [0.29, 0.717) is 75.5 Å². The van der Waals surface area contributed by atoms with Crippen molar-refractivity contribution in [2.24, 2.45) is 10.7 Å². The quantitative estimate of drug-likeness (QED) is 0.00472. The molecule has 0 spiro atoms. The molecule has 0 atom stereocenters. The number of anilines is 4. The molecule has 8 aromatic rings. The summed E-state index contributed by atoms with van der Waals surface area (Å²) < 4.78 is 32.8. The van der Waals surface area contributed by atoms with E-state index >= 15 is 0 Å². The minimum absolute atomic E-state index is 0.0543. The Morgan fingerprint density at radius 2 is 0.933 bits per heavy atom. The number of primary amides is 1. The van der Waals surface area contributed by atoms with E-state index in [1.54, 1.807) is 55.1 Å². The van der Waals surface area contributed by atoms with Gasteiger partial charge in [0.2, 0.25) is 5.91 Å². The number of nitriles is 4. The third-order valence-electron chi connectivity index (χ3n) is 17.3. The first kappa shape index (κ1) is 103. The number of hydrogen-bond acceptors (Lipinski definition) is 19.